The molecule has 1 aromatic rings. The third-order valence-corrected chi connectivity index (χ3v) is 6.90. The molecule has 160 valence electrons. The number of nitrogens with zero attached hydrogens (tertiary/aromatic N) is 3. The summed E-state index contributed by atoms with van der Waals surface area (Å²) >= 11 is 0. The van der Waals surface area contributed by atoms with Crippen LogP contribution in [0.4, 0.5) is 5.82 Å². The van der Waals surface area contributed by atoms with Crippen molar-refractivity contribution in [3.8, 4) is 0 Å². The number of carbonyl (C=O) groups is 1. The summed E-state index contributed by atoms with van der Waals surface area (Å²) in [5.41, 5.74) is -0.773. The number of aliphatic hydroxyl groups excluding tert-OH is 1. The van der Waals surface area contributed by atoms with Gasteiger partial charge in [0.2, 0.25) is 0 Å². The van der Waals surface area contributed by atoms with E-state index in [0.717, 1.165) is 37.7 Å². The molecule has 2 aliphatic heterocycles. The lowest BCUT2D eigenvalue weighted by atomic mass is 9.73. The molecule has 0 aromatic carbocycles. The Balaban J connectivity index is 1.41. The molecule has 1 aliphatic carbocycles. The third kappa shape index (κ3) is 4.27. The highest BCUT2D eigenvalue weighted by atomic mass is 16.5. The van der Waals surface area contributed by atoms with Gasteiger partial charge in [-0.1, -0.05) is 0 Å². The summed E-state index contributed by atoms with van der Waals surface area (Å²) in [7, 11) is 3.83. The minimum Gasteiger partial charge on any atom is -0.388 e. The average Bonchev–Trinajstić information content (AvgIpc) is 3.52. The van der Waals surface area contributed by atoms with Crippen LogP contribution in [0.15, 0.2) is 18.3 Å². The number of hydrogen-bond acceptors (Lipinski definition) is 6. The van der Waals surface area contributed by atoms with E-state index in [4.69, 9.17) is 4.74 Å². The molecule has 3 heterocycles. The molecular weight excluding hydrogens is 368 g/mol. The number of pyridine rings is 1. The predicted octanol–water partition coefficient (Wildman–Crippen LogP) is 1.66. The van der Waals surface area contributed by atoms with Crippen molar-refractivity contribution in [3.05, 3.63) is 23.9 Å². The zero-order valence-electron chi connectivity index (χ0n) is 17.9. The van der Waals surface area contributed by atoms with Gasteiger partial charge in [0.05, 0.1) is 16.7 Å². The van der Waals surface area contributed by atoms with Gasteiger partial charge in [-0.3, -0.25) is 4.79 Å². The molecule has 1 spiro atoms. The van der Waals surface area contributed by atoms with E-state index in [9.17, 15) is 9.90 Å². The molecule has 1 saturated carbocycles. The lowest BCUT2D eigenvalue weighted by Gasteiger charge is -2.53. The summed E-state index contributed by atoms with van der Waals surface area (Å²) in [5.74, 6) is 1.47. The summed E-state index contributed by atoms with van der Waals surface area (Å²) in [4.78, 5) is 21.6. The smallest absolute Gasteiger partial charge is 0.253 e. The van der Waals surface area contributed by atoms with E-state index in [1.807, 2.05) is 32.0 Å². The largest absolute Gasteiger partial charge is 0.388 e. The van der Waals surface area contributed by atoms with Crippen LogP contribution < -0.4 is 10.2 Å². The zero-order chi connectivity index (χ0) is 20.6. The normalized spacial score (nSPS) is 29.6. The molecule has 2 N–H and O–H groups in total. The first-order chi connectivity index (χ1) is 13.8. The lowest BCUT2D eigenvalue weighted by Crippen LogP contribution is -2.69. The maximum absolute atomic E-state index is 12.9. The molecule has 3 aliphatic rings. The van der Waals surface area contributed by atoms with E-state index in [2.05, 4.69) is 15.2 Å². The van der Waals surface area contributed by atoms with E-state index < -0.39 is 17.2 Å². The second-order valence-corrected chi connectivity index (χ2v) is 9.48. The molecule has 0 unspecified atom stereocenters. The molecule has 29 heavy (non-hydrogen) atoms. The van der Waals surface area contributed by atoms with Gasteiger partial charge in [0.15, 0.2) is 0 Å². The maximum Gasteiger partial charge on any atom is 0.253 e. The van der Waals surface area contributed by atoms with E-state index in [1.54, 1.807) is 12.3 Å². The Kier molecular flexibility index (Phi) is 5.57. The SMILES string of the molecule is CN(C)c1ccc(C(=O)N[C@@]2(C)CCOC3(CCN(CC4CC4)CC3)[C@@H]2O)cn1. The van der Waals surface area contributed by atoms with Crippen molar-refractivity contribution in [2.75, 3.05) is 45.2 Å². The molecule has 4 rings (SSSR count). The van der Waals surface area contributed by atoms with Crippen LogP contribution in [0.25, 0.3) is 0 Å². The van der Waals surface area contributed by atoms with Crippen LogP contribution in [0.1, 0.15) is 49.4 Å². The van der Waals surface area contributed by atoms with Crippen LogP contribution in [-0.2, 0) is 4.74 Å². The molecule has 1 aromatic heterocycles. The molecule has 3 fully saturated rings. The van der Waals surface area contributed by atoms with Crippen LogP contribution in [0.2, 0.25) is 0 Å². The monoisotopic (exact) mass is 402 g/mol. The first kappa shape index (κ1) is 20.6. The highest BCUT2D eigenvalue weighted by Gasteiger charge is 2.54. The fourth-order valence-electron chi connectivity index (χ4n) is 4.71. The quantitative estimate of drug-likeness (QED) is 0.780. The van der Waals surface area contributed by atoms with Gasteiger partial charge in [-0.05, 0) is 57.1 Å². The second-order valence-electron chi connectivity index (χ2n) is 9.48. The van der Waals surface area contributed by atoms with Crippen molar-refractivity contribution in [2.24, 2.45) is 5.92 Å². The van der Waals surface area contributed by atoms with Gasteiger partial charge < -0.3 is 25.0 Å². The number of anilines is 1. The number of likely N-dealkylation sites (tertiary alicyclic amines) is 1. The summed E-state index contributed by atoms with van der Waals surface area (Å²) in [5, 5.41) is 14.4. The van der Waals surface area contributed by atoms with Gasteiger partial charge >= 0.3 is 0 Å². The van der Waals surface area contributed by atoms with E-state index in [1.165, 1.54) is 19.4 Å². The fraction of sp³-hybridized carbons (Fsp3) is 0.727. The highest BCUT2D eigenvalue weighted by Crippen LogP contribution is 2.41. The van der Waals surface area contributed by atoms with Crippen molar-refractivity contribution in [1.29, 1.82) is 0 Å². The molecule has 7 heteroatoms. The molecule has 0 bridgehead atoms. The number of aromatic nitrogens is 1. The lowest BCUT2D eigenvalue weighted by molar-refractivity contribution is -0.205. The Labute approximate surface area is 173 Å². The van der Waals surface area contributed by atoms with Gasteiger partial charge in [-0.15, -0.1) is 0 Å². The van der Waals surface area contributed by atoms with E-state index in [0.29, 0.717) is 18.6 Å². The van der Waals surface area contributed by atoms with Crippen LogP contribution in [0.3, 0.4) is 0 Å². The van der Waals surface area contributed by atoms with Crippen molar-refractivity contribution in [1.82, 2.24) is 15.2 Å². The number of hydrogen-bond donors (Lipinski definition) is 2. The Hall–Kier alpha value is -1.70. The minimum absolute atomic E-state index is 0.201. The molecule has 2 saturated heterocycles. The van der Waals surface area contributed by atoms with Crippen molar-refractivity contribution in [2.45, 2.75) is 56.3 Å². The van der Waals surface area contributed by atoms with Crippen molar-refractivity contribution in [3.63, 3.8) is 0 Å². The summed E-state index contributed by atoms with van der Waals surface area (Å²) < 4.78 is 6.17. The standard InChI is InChI=1S/C22H34N4O3/c1-21(24-19(27)17-6-7-18(23-14-17)25(2)3)10-13-29-22(20(21)28)8-11-26(12-9-22)15-16-4-5-16/h6-7,14,16,20,28H,4-5,8-13,15H2,1-3H3,(H,24,27)/t20-,21+/m1/s1. The van der Waals surface area contributed by atoms with E-state index in [-0.39, 0.29) is 5.91 Å². The topological polar surface area (TPSA) is 77.9 Å². The Morgan fingerprint density at radius 2 is 2.03 bits per heavy atom. The average molecular weight is 403 g/mol. The number of nitrogens with one attached hydrogen (secondary N) is 1. The minimum atomic E-state index is -0.732. The number of ether oxygens (including phenoxy) is 1. The molecule has 0 radical (unpaired) electrons. The van der Waals surface area contributed by atoms with Gasteiger partial charge in [-0.25, -0.2) is 4.98 Å². The number of piperidine rings is 1. The fourth-order valence-corrected chi connectivity index (χ4v) is 4.71. The summed E-state index contributed by atoms with van der Waals surface area (Å²) in [6, 6.07) is 3.60. The second kappa shape index (κ2) is 7.85. The molecule has 2 atom stereocenters. The Morgan fingerprint density at radius 3 is 2.62 bits per heavy atom. The molecule has 7 nitrogen and oxygen atoms in total. The van der Waals surface area contributed by atoms with Gasteiger partial charge in [-0.2, -0.15) is 0 Å². The first-order valence-electron chi connectivity index (χ1n) is 10.8. The number of carbonyl (C=O) groups excluding carboxylic acids is 1. The van der Waals surface area contributed by atoms with Gasteiger partial charge in [0, 0.05) is 46.5 Å². The maximum atomic E-state index is 12.9. The van der Waals surface area contributed by atoms with Crippen molar-refractivity contribution >= 4 is 11.7 Å². The summed E-state index contributed by atoms with van der Waals surface area (Å²) in [6.07, 6.45) is 5.79. The van der Waals surface area contributed by atoms with Crippen LogP contribution in [-0.4, -0.2) is 78.5 Å². The third-order valence-electron chi connectivity index (χ3n) is 6.90. The van der Waals surface area contributed by atoms with Crippen LogP contribution in [0, 0.1) is 5.92 Å². The summed E-state index contributed by atoms with van der Waals surface area (Å²) in [6.45, 7) is 5.57. The van der Waals surface area contributed by atoms with E-state index >= 15 is 0 Å². The van der Waals surface area contributed by atoms with Crippen LogP contribution >= 0.6 is 0 Å². The highest BCUT2D eigenvalue weighted by molar-refractivity contribution is 5.94. The Morgan fingerprint density at radius 1 is 1.31 bits per heavy atom. The predicted molar refractivity (Wildman–Crippen MR) is 112 cm³/mol. The number of rotatable bonds is 5. The molecule has 1 amide bonds. The van der Waals surface area contributed by atoms with Gasteiger partial charge in [0.25, 0.3) is 5.91 Å². The van der Waals surface area contributed by atoms with Crippen LogP contribution in [0.5, 0.6) is 0 Å². The first-order valence-corrected chi connectivity index (χ1v) is 10.8. The van der Waals surface area contributed by atoms with Gasteiger partial charge in [0.1, 0.15) is 11.9 Å². The van der Waals surface area contributed by atoms with Crippen molar-refractivity contribution < 1.29 is 14.6 Å². The molecular formula is C22H34N4O3. The zero-order valence-corrected chi connectivity index (χ0v) is 17.9. The number of amides is 1. The number of aliphatic hydroxyl groups is 1. The Bertz CT molecular complexity index is 726.